The maximum atomic E-state index is 13.0. The van der Waals surface area contributed by atoms with E-state index in [1.807, 2.05) is 42.5 Å². The summed E-state index contributed by atoms with van der Waals surface area (Å²) in [6.45, 7) is 0.787. The average Bonchev–Trinajstić information content (AvgIpc) is 3.21. The summed E-state index contributed by atoms with van der Waals surface area (Å²) >= 11 is 5.95. The largest absolute Gasteiger partial charge is 0.492 e. The van der Waals surface area contributed by atoms with Gasteiger partial charge in [-0.1, -0.05) is 48.0 Å². The predicted octanol–water partition coefficient (Wildman–Crippen LogP) is 2.65. The van der Waals surface area contributed by atoms with Crippen LogP contribution in [0.15, 0.2) is 60.9 Å². The van der Waals surface area contributed by atoms with E-state index < -0.39 is 6.04 Å². The van der Waals surface area contributed by atoms with Gasteiger partial charge >= 0.3 is 0 Å². The van der Waals surface area contributed by atoms with Gasteiger partial charge in [0.15, 0.2) is 0 Å². The molecule has 0 aliphatic carbocycles. The van der Waals surface area contributed by atoms with Crippen LogP contribution in [0, 0.1) is 0 Å². The first-order chi connectivity index (χ1) is 13.1. The Bertz CT molecular complexity index is 858. The van der Waals surface area contributed by atoms with E-state index >= 15 is 0 Å². The van der Waals surface area contributed by atoms with Gasteiger partial charge < -0.3 is 9.64 Å². The standard InChI is InChI=1S/C19H20ClN5O2/c1-24(10-11-27-17-9-5-8-16(20)13-17)19(26)18(25-14-21-22-23-25)12-15-6-3-2-4-7-15/h2-9,13-14,18H,10-12H2,1H3/t18-/m0/s1. The molecule has 0 aliphatic heterocycles. The molecule has 1 atom stereocenters. The van der Waals surface area contributed by atoms with E-state index in [0.29, 0.717) is 30.3 Å². The van der Waals surface area contributed by atoms with Crippen LogP contribution in [0.3, 0.4) is 0 Å². The van der Waals surface area contributed by atoms with E-state index in [2.05, 4.69) is 15.5 Å². The van der Waals surface area contributed by atoms with Crippen molar-refractivity contribution in [1.82, 2.24) is 25.1 Å². The summed E-state index contributed by atoms with van der Waals surface area (Å²) in [7, 11) is 1.74. The minimum Gasteiger partial charge on any atom is -0.492 e. The molecule has 0 aliphatic rings. The van der Waals surface area contributed by atoms with Crippen LogP contribution in [-0.2, 0) is 11.2 Å². The minimum atomic E-state index is -0.515. The smallest absolute Gasteiger partial charge is 0.247 e. The van der Waals surface area contributed by atoms with Gasteiger partial charge in [-0.15, -0.1) is 5.10 Å². The fourth-order valence-electron chi connectivity index (χ4n) is 2.66. The third kappa shape index (κ3) is 5.27. The first-order valence-corrected chi connectivity index (χ1v) is 8.91. The van der Waals surface area contributed by atoms with Gasteiger partial charge in [0.2, 0.25) is 5.91 Å². The topological polar surface area (TPSA) is 73.1 Å². The molecule has 8 heteroatoms. The Labute approximate surface area is 162 Å². The van der Waals surface area contributed by atoms with Crippen molar-refractivity contribution >= 4 is 17.5 Å². The summed E-state index contributed by atoms with van der Waals surface area (Å²) in [5, 5.41) is 11.8. The number of halogens is 1. The minimum absolute atomic E-state index is 0.0825. The molecule has 0 fully saturated rings. The third-order valence-electron chi connectivity index (χ3n) is 4.11. The number of ether oxygens (including phenoxy) is 1. The number of hydrogen-bond donors (Lipinski definition) is 0. The van der Waals surface area contributed by atoms with Gasteiger partial charge in [-0.05, 0) is 34.2 Å². The van der Waals surface area contributed by atoms with Crippen molar-refractivity contribution in [2.24, 2.45) is 0 Å². The number of aromatic nitrogens is 4. The number of nitrogens with zero attached hydrogens (tertiary/aromatic N) is 5. The SMILES string of the molecule is CN(CCOc1cccc(Cl)c1)C(=O)[C@H](Cc1ccccc1)n1cnnn1. The Balaban J connectivity index is 1.62. The first kappa shape index (κ1) is 18.8. The second-order valence-corrected chi connectivity index (χ2v) is 6.50. The molecule has 1 aromatic heterocycles. The molecular formula is C19H20ClN5O2. The summed E-state index contributed by atoms with van der Waals surface area (Å²) in [4.78, 5) is 14.6. The van der Waals surface area contributed by atoms with Crippen LogP contribution >= 0.6 is 11.6 Å². The molecule has 3 aromatic rings. The molecule has 0 saturated heterocycles. The summed E-state index contributed by atoms with van der Waals surface area (Å²) < 4.78 is 7.16. The number of rotatable bonds is 8. The first-order valence-electron chi connectivity index (χ1n) is 8.53. The second-order valence-electron chi connectivity index (χ2n) is 6.06. The molecule has 7 nitrogen and oxygen atoms in total. The maximum absolute atomic E-state index is 13.0. The zero-order valence-corrected chi connectivity index (χ0v) is 15.7. The Morgan fingerprint density at radius 2 is 2.04 bits per heavy atom. The molecule has 0 N–H and O–H groups in total. The highest BCUT2D eigenvalue weighted by Gasteiger charge is 2.25. The van der Waals surface area contributed by atoms with Crippen molar-refractivity contribution in [2.75, 3.05) is 20.2 Å². The normalized spacial score (nSPS) is 11.8. The van der Waals surface area contributed by atoms with E-state index in [0.717, 1.165) is 5.56 Å². The van der Waals surface area contributed by atoms with Crippen LogP contribution in [0.2, 0.25) is 5.02 Å². The fraction of sp³-hybridized carbons (Fsp3) is 0.263. The maximum Gasteiger partial charge on any atom is 0.247 e. The van der Waals surface area contributed by atoms with Crippen LogP contribution in [0.1, 0.15) is 11.6 Å². The summed E-state index contributed by atoms with van der Waals surface area (Å²) in [6, 6.07) is 16.4. The highest BCUT2D eigenvalue weighted by atomic mass is 35.5. The fourth-order valence-corrected chi connectivity index (χ4v) is 2.84. The molecule has 27 heavy (non-hydrogen) atoms. The Kier molecular flexibility index (Phi) is 6.38. The molecule has 1 amide bonds. The zero-order chi connectivity index (χ0) is 19.1. The van der Waals surface area contributed by atoms with Crippen LogP contribution in [0.25, 0.3) is 0 Å². The summed E-state index contributed by atoms with van der Waals surface area (Å²) in [6.07, 6.45) is 1.96. The van der Waals surface area contributed by atoms with Crippen molar-refractivity contribution in [3.8, 4) is 5.75 Å². The Hall–Kier alpha value is -2.93. The van der Waals surface area contributed by atoms with Crippen LogP contribution < -0.4 is 4.74 Å². The second kappa shape index (κ2) is 9.14. The highest BCUT2D eigenvalue weighted by Crippen LogP contribution is 2.18. The summed E-state index contributed by atoms with van der Waals surface area (Å²) in [5.74, 6) is 0.588. The quantitative estimate of drug-likeness (QED) is 0.596. The van der Waals surface area contributed by atoms with Gasteiger partial charge in [-0.2, -0.15) is 0 Å². The lowest BCUT2D eigenvalue weighted by Crippen LogP contribution is -2.38. The van der Waals surface area contributed by atoms with Gasteiger partial charge in [0.25, 0.3) is 0 Å². The molecule has 0 radical (unpaired) electrons. The van der Waals surface area contributed by atoms with E-state index in [1.54, 1.807) is 24.1 Å². The van der Waals surface area contributed by atoms with Crippen molar-refractivity contribution in [1.29, 1.82) is 0 Å². The van der Waals surface area contributed by atoms with Crippen molar-refractivity contribution in [3.05, 3.63) is 71.5 Å². The van der Waals surface area contributed by atoms with Crippen molar-refractivity contribution in [2.45, 2.75) is 12.5 Å². The molecule has 3 rings (SSSR count). The van der Waals surface area contributed by atoms with E-state index in [9.17, 15) is 4.79 Å². The molecule has 0 unspecified atom stereocenters. The lowest BCUT2D eigenvalue weighted by atomic mass is 10.1. The number of tetrazole rings is 1. The number of benzene rings is 2. The van der Waals surface area contributed by atoms with Gasteiger partial charge in [-0.25, -0.2) is 4.68 Å². The number of carbonyl (C=O) groups excluding carboxylic acids is 1. The molecule has 140 valence electrons. The monoisotopic (exact) mass is 385 g/mol. The molecule has 0 spiro atoms. The Morgan fingerprint density at radius 1 is 1.22 bits per heavy atom. The van der Waals surface area contributed by atoms with E-state index in [-0.39, 0.29) is 5.91 Å². The van der Waals surface area contributed by atoms with Gasteiger partial charge in [0, 0.05) is 18.5 Å². The zero-order valence-electron chi connectivity index (χ0n) is 14.9. The molecule has 1 heterocycles. The Morgan fingerprint density at radius 3 is 2.74 bits per heavy atom. The van der Waals surface area contributed by atoms with Crippen molar-refractivity contribution < 1.29 is 9.53 Å². The van der Waals surface area contributed by atoms with Gasteiger partial charge in [0.1, 0.15) is 24.7 Å². The van der Waals surface area contributed by atoms with Gasteiger partial charge in [0.05, 0.1) is 6.54 Å². The lowest BCUT2D eigenvalue weighted by molar-refractivity contribution is -0.134. The predicted molar refractivity (Wildman–Crippen MR) is 102 cm³/mol. The number of hydrogen-bond acceptors (Lipinski definition) is 5. The van der Waals surface area contributed by atoms with Gasteiger partial charge in [-0.3, -0.25) is 4.79 Å². The number of carbonyl (C=O) groups is 1. The average molecular weight is 386 g/mol. The molecule has 0 bridgehead atoms. The molecule has 2 aromatic carbocycles. The number of likely N-dealkylation sites (N-methyl/N-ethyl adjacent to an activating group) is 1. The van der Waals surface area contributed by atoms with Crippen molar-refractivity contribution in [3.63, 3.8) is 0 Å². The van der Waals surface area contributed by atoms with E-state index in [1.165, 1.54) is 11.0 Å². The van der Waals surface area contributed by atoms with Crippen LogP contribution in [0.4, 0.5) is 0 Å². The van der Waals surface area contributed by atoms with Crippen LogP contribution in [-0.4, -0.2) is 51.2 Å². The lowest BCUT2D eigenvalue weighted by Gasteiger charge is -2.23. The third-order valence-corrected chi connectivity index (χ3v) is 4.34. The van der Waals surface area contributed by atoms with Crippen LogP contribution in [0.5, 0.6) is 5.75 Å². The molecular weight excluding hydrogens is 366 g/mol. The summed E-state index contributed by atoms with van der Waals surface area (Å²) in [5.41, 5.74) is 1.04. The van der Waals surface area contributed by atoms with E-state index in [4.69, 9.17) is 16.3 Å². The molecule has 0 saturated carbocycles. The highest BCUT2D eigenvalue weighted by molar-refractivity contribution is 6.30. The number of amides is 1.